The zero-order chi connectivity index (χ0) is 21.6. The van der Waals surface area contributed by atoms with E-state index in [2.05, 4.69) is 35.7 Å². The Morgan fingerprint density at radius 3 is 2.53 bits per heavy atom. The first-order chi connectivity index (χ1) is 14.2. The summed E-state index contributed by atoms with van der Waals surface area (Å²) in [4.78, 5) is 8.69. The van der Waals surface area contributed by atoms with Gasteiger partial charge >= 0.3 is 6.61 Å². The van der Waals surface area contributed by atoms with Crippen LogP contribution in [0.15, 0.2) is 41.1 Å². The van der Waals surface area contributed by atoms with Gasteiger partial charge in [-0.2, -0.15) is 8.78 Å². The zero-order valence-electron chi connectivity index (χ0n) is 15.7. The second-order valence-corrected chi connectivity index (χ2v) is 7.36. The van der Waals surface area contributed by atoms with Crippen molar-refractivity contribution in [3.8, 4) is 17.5 Å². The minimum absolute atomic E-state index is 0.183. The fraction of sp³-hybridized carbons (Fsp3) is 0.211. The summed E-state index contributed by atoms with van der Waals surface area (Å²) < 4.78 is 60.1. The molecule has 0 aliphatic heterocycles. The molecule has 0 radical (unpaired) electrons. The molecule has 3 heterocycles. The predicted octanol–water partition coefficient (Wildman–Crippen LogP) is 5.52. The molecule has 4 aromatic rings. The normalized spacial score (nSPS) is 11.8. The Balaban J connectivity index is 1.88. The minimum Gasteiger partial charge on any atom is -0.415 e. The van der Waals surface area contributed by atoms with E-state index in [-0.39, 0.29) is 11.7 Å². The monoisotopic (exact) mass is 483 g/mol. The third kappa shape index (κ3) is 3.64. The molecule has 30 heavy (non-hydrogen) atoms. The first kappa shape index (κ1) is 20.3. The Kier molecular flexibility index (Phi) is 5.22. The van der Waals surface area contributed by atoms with Crippen molar-refractivity contribution >= 4 is 27.0 Å². The largest absolute Gasteiger partial charge is 0.415 e. The first-order valence-corrected chi connectivity index (χ1v) is 9.48. The number of hydrogen-bond donors (Lipinski definition) is 0. The highest BCUT2D eigenvalue weighted by Gasteiger charge is 2.21. The standard InChI is InChI=1S/C19H14BrF4N5O/c1-9-5-13-14(7-12(9)20)28(8-25-13)15-4-3-11(17(21)22)18(26-15)29-10(2)6-16(27-29)30-19(23)24/h3-8,17,19H,1-2H3. The van der Waals surface area contributed by atoms with Gasteiger partial charge in [-0.1, -0.05) is 15.9 Å². The minimum atomic E-state index is -3.08. The molecule has 0 saturated heterocycles. The van der Waals surface area contributed by atoms with E-state index < -0.39 is 18.6 Å². The van der Waals surface area contributed by atoms with Crippen molar-refractivity contribution in [1.82, 2.24) is 24.3 Å². The molecule has 0 spiro atoms. The molecular weight excluding hydrogens is 470 g/mol. The van der Waals surface area contributed by atoms with Gasteiger partial charge in [0.25, 0.3) is 6.43 Å². The Morgan fingerprint density at radius 2 is 1.83 bits per heavy atom. The molecule has 0 unspecified atom stereocenters. The number of aryl methyl sites for hydroxylation is 2. The number of rotatable bonds is 5. The summed E-state index contributed by atoms with van der Waals surface area (Å²) in [6.45, 7) is 0.373. The molecule has 0 atom stereocenters. The SMILES string of the molecule is Cc1cc2ncn(-c3ccc(C(F)F)c(-n4nc(OC(F)F)cc4C)n3)c2cc1Br. The van der Waals surface area contributed by atoms with Crippen molar-refractivity contribution in [3.05, 3.63) is 58.0 Å². The molecule has 0 amide bonds. The Bertz CT molecular complexity index is 1240. The van der Waals surface area contributed by atoms with E-state index in [4.69, 9.17) is 0 Å². The number of benzene rings is 1. The van der Waals surface area contributed by atoms with E-state index >= 15 is 0 Å². The van der Waals surface area contributed by atoms with Crippen LogP contribution >= 0.6 is 15.9 Å². The highest BCUT2D eigenvalue weighted by atomic mass is 79.9. The van der Waals surface area contributed by atoms with Crippen LogP contribution in [0, 0.1) is 13.8 Å². The van der Waals surface area contributed by atoms with Crippen molar-refractivity contribution in [2.75, 3.05) is 0 Å². The molecule has 0 aliphatic carbocycles. The average molecular weight is 484 g/mol. The van der Waals surface area contributed by atoms with Crippen molar-refractivity contribution in [2.24, 2.45) is 0 Å². The molecule has 6 nitrogen and oxygen atoms in total. The smallest absolute Gasteiger partial charge is 0.388 e. The Morgan fingerprint density at radius 1 is 1.07 bits per heavy atom. The van der Waals surface area contributed by atoms with Gasteiger partial charge in [0.2, 0.25) is 5.88 Å². The number of aromatic nitrogens is 5. The summed E-state index contributed by atoms with van der Waals surface area (Å²) in [7, 11) is 0. The summed E-state index contributed by atoms with van der Waals surface area (Å²) in [5.41, 5.74) is 2.34. The first-order valence-electron chi connectivity index (χ1n) is 8.69. The van der Waals surface area contributed by atoms with Gasteiger partial charge in [-0.15, -0.1) is 5.10 Å². The second-order valence-electron chi connectivity index (χ2n) is 6.50. The van der Waals surface area contributed by atoms with Gasteiger partial charge in [0, 0.05) is 16.2 Å². The van der Waals surface area contributed by atoms with Gasteiger partial charge in [0.05, 0.1) is 16.6 Å². The number of hydrogen-bond acceptors (Lipinski definition) is 4. The van der Waals surface area contributed by atoms with Gasteiger partial charge < -0.3 is 4.74 Å². The van der Waals surface area contributed by atoms with Crippen LogP contribution in [-0.2, 0) is 0 Å². The van der Waals surface area contributed by atoms with Gasteiger partial charge in [0.1, 0.15) is 12.1 Å². The van der Waals surface area contributed by atoms with E-state index in [0.29, 0.717) is 17.0 Å². The number of ether oxygens (including phenoxy) is 1. The average Bonchev–Trinajstić information content (AvgIpc) is 3.24. The summed E-state index contributed by atoms with van der Waals surface area (Å²) in [5.74, 6) is -0.251. The third-order valence-electron chi connectivity index (χ3n) is 4.48. The van der Waals surface area contributed by atoms with Gasteiger partial charge in [-0.05, 0) is 43.7 Å². The second kappa shape index (κ2) is 7.71. The van der Waals surface area contributed by atoms with Crippen LogP contribution in [-0.4, -0.2) is 30.9 Å². The maximum atomic E-state index is 13.6. The number of pyridine rings is 1. The lowest BCUT2D eigenvalue weighted by molar-refractivity contribution is -0.0530. The van der Waals surface area contributed by atoms with Gasteiger partial charge in [-0.3, -0.25) is 4.57 Å². The molecular formula is C19H14BrF4N5O. The number of imidazole rings is 1. The Hall–Kier alpha value is -2.95. The van der Waals surface area contributed by atoms with Crippen LogP contribution in [0.4, 0.5) is 17.6 Å². The van der Waals surface area contributed by atoms with E-state index in [0.717, 1.165) is 20.2 Å². The van der Waals surface area contributed by atoms with Crippen molar-refractivity contribution in [3.63, 3.8) is 0 Å². The van der Waals surface area contributed by atoms with Gasteiger partial charge in [-0.25, -0.2) is 23.4 Å². The molecule has 3 aromatic heterocycles. The summed E-state index contributed by atoms with van der Waals surface area (Å²) in [5, 5.41) is 3.86. The van der Waals surface area contributed by atoms with Crippen LogP contribution < -0.4 is 4.74 Å². The lowest BCUT2D eigenvalue weighted by Crippen LogP contribution is -2.10. The highest BCUT2D eigenvalue weighted by Crippen LogP contribution is 2.30. The Labute approximate surface area is 176 Å². The van der Waals surface area contributed by atoms with Gasteiger partial charge in [0.15, 0.2) is 5.82 Å². The zero-order valence-corrected chi connectivity index (χ0v) is 17.2. The molecule has 4 rings (SSSR count). The number of fused-ring (bicyclic) bond motifs is 1. The van der Waals surface area contributed by atoms with Crippen LogP contribution in [0.2, 0.25) is 0 Å². The van der Waals surface area contributed by atoms with Crippen LogP contribution in [0.5, 0.6) is 5.88 Å². The van der Waals surface area contributed by atoms with Crippen molar-refractivity contribution in [2.45, 2.75) is 26.9 Å². The van der Waals surface area contributed by atoms with Crippen LogP contribution in [0.25, 0.3) is 22.7 Å². The molecule has 0 saturated carbocycles. The van der Waals surface area contributed by atoms with Crippen molar-refractivity contribution < 1.29 is 22.3 Å². The quantitative estimate of drug-likeness (QED) is 0.350. The summed E-state index contributed by atoms with van der Waals surface area (Å²) >= 11 is 3.47. The molecule has 156 valence electrons. The van der Waals surface area contributed by atoms with Crippen LogP contribution in [0.1, 0.15) is 23.2 Å². The topological polar surface area (TPSA) is 57.8 Å². The predicted molar refractivity (Wildman–Crippen MR) is 105 cm³/mol. The third-order valence-corrected chi connectivity index (χ3v) is 5.33. The number of nitrogens with zero attached hydrogens (tertiary/aromatic N) is 5. The molecule has 0 fully saturated rings. The highest BCUT2D eigenvalue weighted by molar-refractivity contribution is 9.10. The summed E-state index contributed by atoms with van der Waals surface area (Å²) in [6, 6.07) is 7.63. The van der Waals surface area contributed by atoms with E-state index in [9.17, 15) is 17.6 Å². The van der Waals surface area contributed by atoms with E-state index in [1.54, 1.807) is 4.57 Å². The fourth-order valence-electron chi connectivity index (χ4n) is 3.05. The van der Waals surface area contributed by atoms with E-state index in [1.807, 2.05) is 19.1 Å². The van der Waals surface area contributed by atoms with E-state index in [1.165, 1.54) is 31.5 Å². The number of alkyl halides is 4. The van der Waals surface area contributed by atoms with Crippen molar-refractivity contribution in [1.29, 1.82) is 0 Å². The maximum Gasteiger partial charge on any atom is 0.388 e. The molecule has 11 heteroatoms. The molecule has 1 aromatic carbocycles. The number of halogens is 5. The fourth-order valence-corrected chi connectivity index (χ4v) is 3.38. The molecule has 0 bridgehead atoms. The lowest BCUT2D eigenvalue weighted by atomic mass is 10.2. The maximum absolute atomic E-state index is 13.6. The summed E-state index contributed by atoms with van der Waals surface area (Å²) in [6.07, 6.45) is -1.31. The molecule has 0 N–H and O–H groups in total. The molecule has 0 aliphatic rings. The van der Waals surface area contributed by atoms with Crippen LogP contribution in [0.3, 0.4) is 0 Å². The lowest BCUT2D eigenvalue weighted by Gasteiger charge is -2.12.